The standard InChI is InChI=1S/C16H21NO/c1-2-8-16(18)17-12-7-6-11-15(13-17)14-9-4-3-5-10-14/h2-5,8-10,15H,6-7,11-13H2,1H3/b8-2+/t15-/m1/s1. The first-order valence-electron chi connectivity index (χ1n) is 6.78. The average molecular weight is 243 g/mol. The molecular formula is C16H21NO. The van der Waals surface area contributed by atoms with Crippen LogP contribution in [0.3, 0.4) is 0 Å². The molecule has 1 fully saturated rings. The Bertz CT molecular complexity index is 410. The molecule has 18 heavy (non-hydrogen) atoms. The summed E-state index contributed by atoms with van der Waals surface area (Å²) in [5, 5.41) is 0. The van der Waals surface area contributed by atoms with Crippen LogP contribution in [0, 0.1) is 0 Å². The van der Waals surface area contributed by atoms with E-state index in [2.05, 4.69) is 24.3 Å². The number of rotatable bonds is 2. The van der Waals surface area contributed by atoms with Crippen LogP contribution in [-0.4, -0.2) is 23.9 Å². The fraction of sp³-hybridized carbons (Fsp3) is 0.438. The molecular weight excluding hydrogens is 222 g/mol. The first kappa shape index (κ1) is 12.9. The average Bonchev–Trinajstić information content (AvgIpc) is 2.66. The SMILES string of the molecule is C/C=C/C(=O)N1CCCC[C@@H](c2ccccc2)C1. The quantitative estimate of drug-likeness (QED) is 0.729. The van der Waals surface area contributed by atoms with Crippen molar-refractivity contribution in [3.05, 3.63) is 48.0 Å². The van der Waals surface area contributed by atoms with Gasteiger partial charge in [-0.2, -0.15) is 0 Å². The number of carbonyl (C=O) groups excluding carboxylic acids is 1. The zero-order chi connectivity index (χ0) is 12.8. The minimum atomic E-state index is 0.153. The first-order chi connectivity index (χ1) is 8.81. The van der Waals surface area contributed by atoms with E-state index in [4.69, 9.17) is 0 Å². The van der Waals surface area contributed by atoms with Crippen molar-refractivity contribution in [2.75, 3.05) is 13.1 Å². The van der Waals surface area contributed by atoms with E-state index in [1.54, 1.807) is 6.08 Å². The number of hydrogen-bond donors (Lipinski definition) is 0. The molecule has 0 aliphatic carbocycles. The molecule has 2 heteroatoms. The Kier molecular flexibility index (Phi) is 4.57. The summed E-state index contributed by atoms with van der Waals surface area (Å²) in [6.45, 7) is 3.64. The van der Waals surface area contributed by atoms with Gasteiger partial charge < -0.3 is 4.90 Å². The van der Waals surface area contributed by atoms with Crippen LogP contribution >= 0.6 is 0 Å². The predicted molar refractivity (Wildman–Crippen MR) is 74.4 cm³/mol. The molecule has 1 amide bonds. The number of nitrogens with zero attached hydrogens (tertiary/aromatic N) is 1. The molecule has 0 N–H and O–H groups in total. The van der Waals surface area contributed by atoms with Crippen LogP contribution in [0.4, 0.5) is 0 Å². The van der Waals surface area contributed by atoms with Gasteiger partial charge >= 0.3 is 0 Å². The highest BCUT2D eigenvalue weighted by atomic mass is 16.2. The van der Waals surface area contributed by atoms with Gasteiger partial charge in [-0.05, 0) is 31.4 Å². The molecule has 1 aliphatic rings. The zero-order valence-electron chi connectivity index (χ0n) is 11.0. The highest BCUT2D eigenvalue weighted by molar-refractivity contribution is 5.87. The highest BCUT2D eigenvalue weighted by Crippen LogP contribution is 2.26. The molecule has 1 saturated heterocycles. The summed E-state index contributed by atoms with van der Waals surface area (Å²) in [5.41, 5.74) is 1.36. The molecule has 0 bridgehead atoms. The fourth-order valence-electron chi connectivity index (χ4n) is 2.59. The molecule has 2 rings (SSSR count). The lowest BCUT2D eigenvalue weighted by atomic mass is 9.94. The van der Waals surface area contributed by atoms with Crippen molar-refractivity contribution >= 4 is 5.91 Å². The molecule has 1 aromatic rings. The maximum Gasteiger partial charge on any atom is 0.246 e. The third-order valence-electron chi connectivity index (χ3n) is 3.56. The second-order valence-corrected chi connectivity index (χ2v) is 4.89. The second-order valence-electron chi connectivity index (χ2n) is 4.89. The van der Waals surface area contributed by atoms with Crippen molar-refractivity contribution < 1.29 is 4.79 Å². The lowest BCUT2D eigenvalue weighted by Gasteiger charge is -2.23. The van der Waals surface area contributed by atoms with Crippen molar-refractivity contribution in [3.63, 3.8) is 0 Å². The maximum absolute atomic E-state index is 12.0. The highest BCUT2D eigenvalue weighted by Gasteiger charge is 2.21. The van der Waals surface area contributed by atoms with Crippen molar-refractivity contribution in [3.8, 4) is 0 Å². The number of carbonyl (C=O) groups is 1. The summed E-state index contributed by atoms with van der Waals surface area (Å²) in [6, 6.07) is 10.6. The summed E-state index contributed by atoms with van der Waals surface area (Å²) >= 11 is 0. The van der Waals surface area contributed by atoms with Crippen LogP contribution < -0.4 is 0 Å². The van der Waals surface area contributed by atoms with E-state index in [0.717, 1.165) is 19.5 Å². The van der Waals surface area contributed by atoms with E-state index in [-0.39, 0.29) is 5.91 Å². The molecule has 0 spiro atoms. The smallest absolute Gasteiger partial charge is 0.246 e. The van der Waals surface area contributed by atoms with Gasteiger partial charge in [0.25, 0.3) is 0 Å². The van der Waals surface area contributed by atoms with Gasteiger partial charge in [0.2, 0.25) is 5.91 Å². The van der Waals surface area contributed by atoms with Gasteiger partial charge in [-0.25, -0.2) is 0 Å². The summed E-state index contributed by atoms with van der Waals surface area (Å²) in [4.78, 5) is 14.0. The third kappa shape index (κ3) is 3.22. The van der Waals surface area contributed by atoms with Gasteiger partial charge in [0.1, 0.15) is 0 Å². The Morgan fingerprint density at radius 3 is 2.78 bits per heavy atom. The van der Waals surface area contributed by atoms with Crippen molar-refractivity contribution in [2.45, 2.75) is 32.1 Å². The van der Waals surface area contributed by atoms with Gasteiger partial charge in [0.05, 0.1) is 0 Å². The third-order valence-corrected chi connectivity index (χ3v) is 3.56. The van der Waals surface area contributed by atoms with Crippen LogP contribution in [-0.2, 0) is 4.79 Å². The molecule has 0 radical (unpaired) electrons. The van der Waals surface area contributed by atoms with E-state index >= 15 is 0 Å². The minimum absolute atomic E-state index is 0.153. The van der Waals surface area contributed by atoms with Gasteiger partial charge in [0.15, 0.2) is 0 Å². The molecule has 2 nitrogen and oxygen atoms in total. The van der Waals surface area contributed by atoms with Crippen LogP contribution in [0.1, 0.15) is 37.7 Å². The lowest BCUT2D eigenvalue weighted by molar-refractivity contribution is -0.126. The Hall–Kier alpha value is -1.57. The predicted octanol–water partition coefficient (Wildman–Crippen LogP) is 3.36. The minimum Gasteiger partial charge on any atom is -0.339 e. The lowest BCUT2D eigenvalue weighted by Crippen LogP contribution is -2.32. The van der Waals surface area contributed by atoms with Crippen LogP contribution in [0.5, 0.6) is 0 Å². The summed E-state index contributed by atoms with van der Waals surface area (Å²) in [5.74, 6) is 0.642. The number of allylic oxidation sites excluding steroid dienone is 1. The van der Waals surface area contributed by atoms with E-state index in [1.807, 2.05) is 24.0 Å². The van der Waals surface area contributed by atoms with E-state index in [9.17, 15) is 4.79 Å². The maximum atomic E-state index is 12.0. The zero-order valence-corrected chi connectivity index (χ0v) is 11.0. The van der Waals surface area contributed by atoms with Gasteiger partial charge in [-0.1, -0.05) is 42.8 Å². The van der Waals surface area contributed by atoms with E-state index < -0.39 is 0 Å². The summed E-state index contributed by atoms with van der Waals surface area (Å²) in [7, 11) is 0. The molecule has 0 aromatic heterocycles. The Balaban J connectivity index is 2.10. The van der Waals surface area contributed by atoms with E-state index in [1.165, 1.54) is 18.4 Å². The van der Waals surface area contributed by atoms with Crippen molar-refractivity contribution in [2.24, 2.45) is 0 Å². The molecule has 1 aromatic carbocycles. The van der Waals surface area contributed by atoms with Crippen LogP contribution in [0.2, 0.25) is 0 Å². The number of benzene rings is 1. The largest absolute Gasteiger partial charge is 0.339 e. The molecule has 96 valence electrons. The van der Waals surface area contributed by atoms with Crippen LogP contribution in [0.15, 0.2) is 42.5 Å². The molecule has 0 saturated carbocycles. The number of likely N-dealkylation sites (tertiary alicyclic amines) is 1. The van der Waals surface area contributed by atoms with Gasteiger partial charge in [0, 0.05) is 19.0 Å². The first-order valence-corrected chi connectivity index (χ1v) is 6.78. The van der Waals surface area contributed by atoms with Crippen molar-refractivity contribution in [1.82, 2.24) is 4.90 Å². The monoisotopic (exact) mass is 243 g/mol. The molecule has 0 unspecified atom stereocenters. The van der Waals surface area contributed by atoms with Gasteiger partial charge in [-0.15, -0.1) is 0 Å². The Labute approximate surface area is 109 Å². The van der Waals surface area contributed by atoms with E-state index in [0.29, 0.717) is 5.92 Å². The fourth-order valence-corrected chi connectivity index (χ4v) is 2.59. The van der Waals surface area contributed by atoms with Gasteiger partial charge in [-0.3, -0.25) is 4.79 Å². The van der Waals surface area contributed by atoms with Crippen LogP contribution in [0.25, 0.3) is 0 Å². The normalized spacial score (nSPS) is 20.9. The summed E-state index contributed by atoms with van der Waals surface area (Å²) < 4.78 is 0. The molecule has 1 atom stereocenters. The number of hydrogen-bond acceptors (Lipinski definition) is 1. The topological polar surface area (TPSA) is 20.3 Å². The Morgan fingerprint density at radius 2 is 2.06 bits per heavy atom. The Morgan fingerprint density at radius 1 is 1.28 bits per heavy atom. The summed E-state index contributed by atoms with van der Waals surface area (Å²) in [6.07, 6.45) is 7.01. The molecule has 1 heterocycles. The van der Waals surface area contributed by atoms with Crippen molar-refractivity contribution in [1.29, 1.82) is 0 Å². The number of amides is 1. The molecule has 1 aliphatic heterocycles. The second kappa shape index (κ2) is 6.39.